The van der Waals surface area contributed by atoms with Gasteiger partial charge in [0.1, 0.15) is 0 Å². The van der Waals surface area contributed by atoms with Crippen LogP contribution in [-0.2, 0) is 0 Å². The molecule has 11 heavy (non-hydrogen) atoms. The summed E-state index contributed by atoms with van der Waals surface area (Å²) in [5.74, 6) is 0.577. The van der Waals surface area contributed by atoms with Gasteiger partial charge < -0.3 is 0 Å². The molecule has 1 nitrogen and oxygen atoms in total. The first kappa shape index (κ1) is 8.33. The zero-order chi connectivity index (χ0) is 8.32. The van der Waals surface area contributed by atoms with Gasteiger partial charge in [-0.05, 0) is 32.1 Å². The molecule has 0 aromatic rings. The van der Waals surface area contributed by atoms with Crippen LogP contribution in [0.3, 0.4) is 0 Å². The highest BCUT2D eigenvalue weighted by atomic mass is 14.4. The zero-order valence-electron chi connectivity index (χ0n) is 7.14. The van der Waals surface area contributed by atoms with Gasteiger partial charge in [0.25, 0.3) is 0 Å². The van der Waals surface area contributed by atoms with Gasteiger partial charge in [0.05, 0.1) is 11.5 Å². The van der Waals surface area contributed by atoms with Crippen molar-refractivity contribution < 1.29 is 0 Å². The van der Waals surface area contributed by atoms with Gasteiger partial charge in [0.15, 0.2) is 0 Å². The maximum atomic E-state index is 8.88. The number of hydrogen-bond acceptors (Lipinski definition) is 1. The Morgan fingerprint density at radius 3 is 3.00 bits per heavy atom. The first-order valence-corrected chi connectivity index (χ1v) is 4.24. The number of nitriles is 1. The van der Waals surface area contributed by atoms with Gasteiger partial charge in [0.2, 0.25) is 0 Å². The van der Waals surface area contributed by atoms with E-state index in [9.17, 15) is 0 Å². The molecule has 1 aliphatic rings. The molecule has 0 bridgehead atoms. The van der Waals surface area contributed by atoms with Crippen LogP contribution in [0, 0.1) is 22.7 Å². The second-order valence-electron chi connectivity index (χ2n) is 3.76. The predicted molar refractivity (Wildman–Crippen MR) is 45.9 cm³/mol. The Morgan fingerprint density at radius 1 is 1.73 bits per heavy atom. The zero-order valence-corrected chi connectivity index (χ0v) is 7.14. The topological polar surface area (TPSA) is 23.8 Å². The van der Waals surface area contributed by atoms with Crippen molar-refractivity contribution in [1.29, 1.82) is 5.26 Å². The monoisotopic (exact) mass is 149 g/mol. The van der Waals surface area contributed by atoms with Crippen molar-refractivity contribution in [1.82, 2.24) is 0 Å². The van der Waals surface area contributed by atoms with E-state index >= 15 is 0 Å². The third-order valence-corrected chi connectivity index (χ3v) is 2.62. The van der Waals surface area contributed by atoms with Crippen molar-refractivity contribution in [2.24, 2.45) is 11.3 Å². The fraction of sp³-hybridized carbons (Fsp3) is 0.700. The first-order valence-electron chi connectivity index (χ1n) is 4.24. The Kier molecular flexibility index (Phi) is 2.34. The first-order chi connectivity index (χ1) is 5.20. The highest BCUT2D eigenvalue weighted by Crippen LogP contribution is 2.38. The molecule has 1 saturated carbocycles. The van der Waals surface area contributed by atoms with Gasteiger partial charge in [-0.15, -0.1) is 6.58 Å². The minimum atomic E-state index is -0.0723. The van der Waals surface area contributed by atoms with Crippen LogP contribution in [0.2, 0.25) is 0 Å². The lowest BCUT2D eigenvalue weighted by Gasteiger charge is -2.30. The van der Waals surface area contributed by atoms with E-state index in [-0.39, 0.29) is 5.41 Å². The van der Waals surface area contributed by atoms with Gasteiger partial charge in [-0.25, -0.2) is 0 Å². The Labute approximate surface area is 68.7 Å². The minimum Gasteiger partial charge on any atom is -0.198 e. The molecule has 60 valence electrons. The summed E-state index contributed by atoms with van der Waals surface area (Å²) >= 11 is 0. The highest BCUT2D eigenvalue weighted by molar-refractivity contribution is 5.01. The fourth-order valence-electron chi connectivity index (χ4n) is 1.84. The van der Waals surface area contributed by atoms with Crippen LogP contribution in [0.25, 0.3) is 0 Å². The van der Waals surface area contributed by atoms with E-state index in [1.807, 2.05) is 6.08 Å². The number of nitrogens with zero attached hydrogens (tertiary/aromatic N) is 1. The lowest BCUT2D eigenvalue weighted by Crippen LogP contribution is -2.22. The lowest BCUT2D eigenvalue weighted by atomic mass is 9.72. The van der Waals surface area contributed by atoms with Crippen LogP contribution in [0.4, 0.5) is 0 Å². The number of allylic oxidation sites excluding steroid dienone is 1. The molecule has 0 aromatic carbocycles. The van der Waals surface area contributed by atoms with Crippen LogP contribution in [0.5, 0.6) is 0 Å². The second-order valence-corrected chi connectivity index (χ2v) is 3.76. The molecule has 0 amide bonds. The van der Waals surface area contributed by atoms with E-state index in [1.54, 1.807) is 0 Å². The van der Waals surface area contributed by atoms with Crippen molar-refractivity contribution in [3.05, 3.63) is 12.7 Å². The summed E-state index contributed by atoms with van der Waals surface area (Å²) in [6, 6.07) is 2.40. The van der Waals surface area contributed by atoms with Crippen molar-refractivity contribution in [3.8, 4) is 6.07 Å². The summed E-state index contributed by atoms with van der Waals surface area (Å²) in [5.41, 5.74) is -0.0723. The Hall–Kier alpha value is -0.770. The summed E-state index contributed by atoms with van der Waals surface area (Å²) in [5, 5.41) is 8.88. The van der Waals surface area contributed by atoms with Gasteiger partial charge in [-0.2, -0.15) is 5.26 Å². The van der Waals surface area contributed by atoms with Crippen molar-refractivity contribution in [3.63, 3.8) is 0 Å². The van der Waals surface area contributed by atoms with Crippen LogP contribution in [0.1, 0.15) is 32.6 Å². The van der Waals surface area contributed by atoms with Gasteiger partial charge in [-0.3, -0.25) is 0 Å². The van der Waals surface area contributed by atoms with Crippen LogP contribution >= 0.6 is 0 Å². The second kappa shape index (κ2) is 3.09. The van der Waals surface area contributed by atoms with E-state index in [2.05, 4.69) is 19.6 Å². The van der Waals surface area contributed by atoms with Crippen molar-refractivity contribution in [2.45, 2.75) is 32.6 Å². The van der Waals surface area contributed by atoms with E-state index in [0.29, 0.717) is 5.92 Å². The summed E-state index contributed by atoms with van der Waals surface area (Å²) in [6.45, 7) is 5.83. The van der Waals surface area contributed by atoms with Crippen LogP contribution in [-0.4, -0.2) is 0 Å². The van der Waals surface area contributed by atoms with Crippen molar-refractivity contribution >= 4 is 0 Å². The number of hydrogen-bond donors (Lipinski definition) is 0. The van der Waals surface area contributed by atoms with Crippen LogP contribution in [0.15, 0.2) is 12.7 Å². The summed E-state index contributed by atoms with van der Waals surface area (Å²) < 4.78 is 0. The fourth-order valence-corrected chi connectivity index (χ4v) is 1.84. The normalized spacial score (nSPS) is 37.6. The van der Waals surface area contributed by atoms with Crippen LogP contribution < -0.4 is 0 Å². The van der Waals surface area contributed by atoms with Crippen molar-refractivity contribution in [2.75, 3.05) is 0 Å². The smallest absolute Gasteiger partial charge is 0.0687 e. The Bertz CT molecular complexity index is 190. The molecule has 2 atom stereocenters. The molecule has 1 fully saturated rings. The average Bonchev–Trinajstić information content (AvgIpc) is 2.05. The minimum absolute atomic E-state index is 0.0723. The van der Waals surface area contributed by atoms with Gasteiger partial charge in [-0.1, -0.05) is 12.5 Å². The molecule has 0 saturated heterocycles. The summed E-state index contributed by atoms with van der Waals surface area (Å²) in [6.07, 6.45) is 6.47. The SMILES string of the molecule is C=C[C@@H]1CCC[C@@](C)(C#N)C1. The molecule has 1 heteroatoms. The predicted octanol–water partition coefficient (Wildman–Crippen LogP) is 2.89. The summed E-state index contributed by atoms with van der Waals surface area (Å²) in [4.78, 5) is 0. The average molecular weight is 149 g/mol. The third kappa shape index (κ3) is 1.83. The molecule has 1 aliphatic carbocycles. The molecular weight excluding hydrogens is 134 g/mol. The largest absolute Gasteiger partial charge is 0.198 e. The van der Waals surface area contributed by atoms with Gasteiger partial charge >= 0.3 is 0 Å². The molecule has 0 radical (unpaired) electrons. The third-order valence-electron chi connectivity index (χ3n) is 2.62. The molecule has 0 heterocycles. The molecule has 0 unspecified atom stereocenters. The van der Waals surface area contributed by atoms with E-state index in [1.165, 1.54) is 12.8 Å². The standard InChI is InChI=1S/C10H15N/c1-3-9-5-4-6-10(2,7-9)8-11/h3,9H,1,4-7H2,2H3/t9-,10-/m1/s1. The maximum Gasteiger partial charge on any atom is 0.0687 e. The molecule has 1 rings (SSSR count). The Morgan fingerprint density at radius 2 is 2.45 bits per heavy atom. The quantitative estimate of drug-likeness (QED) is 0.526. The number of rotatable bonds is 1. The highest BCUT2D eigenvalue weighted by Gasteiger charge is 2.30. The van der Waals surface area contributed by atoms with E-state index in [4.69, 9.17) is 5.26 Å². The Balaban J connectivity index is 2.60. The summed E-state index contributed by atoms with van der Waals surface area (Å²) in [7, 11) is 0. The lowest BCUT2D eigenvalue weighted by molar-refractivity contribution is 0.251. The molecule has 0 aromatic heterocycles. The van der Waals surface area contributed by atoms with Gasteiger partial charge in [0, 0.05) is 0 Å². The molecule has 0 aliphatic heterocycles. The van der Waals surface area contributed by atoms with E-state index in [0.717, 1.165) is 12.8 Å². The molecule has 0 spiro atoms. The molecular formula is C10H15N. The molecule has 0 N–H and O–H groups in total. The van der Waals surface area contributed by atoms with E-state index < -0.39 is 0 Å². The maximum absolute atomic E-state index is 8.88.